The zero-order valence-corrected chi connectivity index (χ0v) is 13.4. The Labute approximate surface area is 127 Å². The monoisotopic (exact) mass is 284 g/mol. The number of para-hydroxylation sites is 2. The first-order valence-corrected chi connectivity index (χ1v) is 7.71. The van der Waals surface area contributed by atoms with Crippen molar-refractivity contribution in [2.75, 3.05) is 13.1 Å². The number of rotatable bonds is 6. The minimum atomic E-state index is -0.0229. The third-order valence-electron chi connectivity index (χ3n) is 4.09. The average molecular weight is 284 g/mol. The number of nitrogens with zero attached hydrogens (tertiary/aromatic N) is 4. The minimum Gasteiger partial charge on any atom is -0.325 e. The summed E-state index contributed by atoms with van der Waals surface area (Å²) in [6.45, 7) is 11.2. The van der Waals surface area contributed by atoms with Crippen LogP contribution in [0.2, 0.25) is 0 Å². The normalized spacial score (nSPS) is 14.3. The summed E-state index contributed by atoms with van der Waals surface area (Å²) in [4.78, 5) is 7.21. The molecule has 0 aliphatic heterocycles. The van der Waals surface area contributed by atoms with Gasteiger partial charge in [-0.1, -0.05) is 26.0 Å². The van der Waals surface area contributed by atoms with Gasteiger partial charge in [-0.25, -0.2) is 4.98 Å². The summed E-state index contributed by atoms with van der Waals surface area (Å²) >= 11 is 0. The van der Waals surface area contributed by atoms with Gasteiger partial charge in [0.05, 0.1) is 29.1 Å². The Hall–Kier alpha value is -1.86. The standard InChI is InChI=1S/C17H24N4/c1-5-20(6-2)14(4)17-19-15-9-7-8-10-16(15)21(17)12-13(3)11-18/h7-10,13-14H,5-6,12H2,1-4H3. The number of hydrogen-bond acceptors (Lipinski definition) is 3. The molecule has 0 N–H and O–H groups in total. The zero-order valence-electron chi connectivity index (χ0n) is 13.4. The molecular weight excluding hydrogens is 260 g/mol. The Morgan fingerprint density at radius 1 is 1.24 bits per heavy atom. The molecule has 0 bridgehead atoms. The van der Waals surface area contributed by atoms with Crippen molar-refractivity contribution < 1.29 is 0 Å². The molecule has 2 rings (SSSR count). The number of hydrogen-bond donors (Lipinski definition) is 0. The molecule has 0 spiro atoms. The lowest BCUT2D eigenvalue weighted by atomic mass is 10.2. The number of aromatic nitrogens is 2. The summed E-state index contributed by atoms with van der Waals surface area (Å²) in [5, 5.41) is 9.14. The minimum absolute atomic E-state index is 0.0229. The van der Waals surface area contributed by atoms with Gasteiger partial charge in [0.2, 0.25) is 0 Å². The van der Waals surface area contributed by atoms with Crippen molar-refractivity contribution in [1.29, 1.82) is 5.26 Å². The molecule has 4 nitrogen and oxygen atoms in total. The first-order valence-electron chi connectivity index (χ1n) is 7.71. The molecule has 2 aromatic rings. The molecule has 0 fully saturated rings. The summed E-state index contributed by atoms with van der Waals surface area (Å²) in [7, 11) is 0. The van der Waals surface area contributed by atoms with E-state index in [2.05, 4.69) is 42.4 Å². The van der Waals surface area contributed by atoms with Gasteiger partial charge in [0.1, 0.15) is 5.82 Å². The molecule has 0 amide bonds. The second-order valence-electron chi connectivity index (χ2n) is 5.50. The molecule has 0 aliphatic rings. The van der Waals surface area contributed by atoms with Gasteiger partial charge in [0.25, 0.3) is 0 Å². The maximum atomic E-state index is 9.14. The number of imidazole rings is 1. The lowest BCUT2D eigenvalue weighted by Gasteiger charge is -2.26. The van der Waals surface area contributed by atoms with Gasteiger partial charge in [-0.2, -0.15) is 5.26 Å². The molecule has 0 saturated heterocycles. The van der Waals surface area contributed by atoms with E-state index in [0.717, 1.165) is 29.9 Å². The Kier molecular flexibility index (Phi) is 4.98. The summed E-state index contributed by atoms with van der Waals surface area (Å²) in [5.74, 6) is 1.03. The van der Waals surface area contributed by atoms with Crippen LogP contribution in [0, 0.1) is 17.2 Å². The molecular formula is C17H24N4. The second kappa shape index (κ2) is 6.73. The summed E-state index contributed by atoms with van der Waals surface area (Å²) < 4.78 is 2.21. The lowest BCUT2D eigenvalue weighted by Crippen LogP contribution is -2.29. The van der Waals surface area contributed by atoms with Crippen LogP contribution in [0.15, 0.2) is 24.3 Å². The van der Waals surface area contributed by atoms with Crippen LogP contribution in [-0.2, 0) is 6.54 Å². The van der Waals surface area contributed by atoms with Crippen LogP contribution in [0.1, 0.15) is 39.6 Å². The van der Waals surface area contributed by atoms with E-state index >= 15 is 0 Å². The van der Waals surface area contributed by atoms with E-state index in [1.54, 1.807) is 0 Å². The van der Waals surface area contributed by atoms with E-state index in [1.807, 2.05) is 25.1 Å². The highest BCUT2D eigenvalue weighted by atomic mass is 15.2. The van der Waals surface area contributed by atoms with E-state index in [9.17, 15) is 0 Å². The quantitative estimate of drug-likeness (QED) is 0.814. The molecule has 1 aromatic carbocycles. The molecule has 112 valence electrons. The Morgan fingerprint density at radius 3 is 2.52 bits per heavy atom. The van der Waals surface area contributed by atoms with Gasteiger partial charge in [-0.15, -0.1) is 0 Å². The van der Waals surface area contributed by atoms with Crippen LogP contribution in [0.25, 0.3) is 11.0 Å². The molecule has 2 atom stereocenters. The van der Waals surface area contributed by atoms with Crippen molar-refractivity contribution in [3.8, 4) is 6.07 Å². The predicted octanol–water partition coefficient (Wildman–Crippen LogP) is 3.60. The van der Waals surface area contributed by atoms with Gasteiger partial charge >= 0.3 is 0 Å². The predicted molar refractivity (Wildman–Crippen MR) is 85.8 cm³/mol. The fourth-order valence-electron chi connectivity index (χ4n) is 2.85. The van der Waals surface area contributed by atoms with Gasteiger partial charge in [0, 0.05) is 6.54 Å². The third kappa shape index (κ3) is 3.08. The van der Waals surface area contributed by atoms with Crippen molar-refractivity contribution >= 4 is 11.0 Å². The van der Waals surface area contributed by atoms with Crippen LogP contribution in [-0.4, -0.2) is 27.5 Å². The number of nitriles is 1. The zero-order chi connectivity index (χ0) is 15.4. The van der Waals surface area contributed by atoms with Gasteiger partial charge in [-0.05, 0) is 39.1 Å². The topological polar surface area (TPSA) is 44.9 Å². The van der Waals surface area contributed by atoms with E-state index in [-0.39, 0.29) is 12.0 Å². The van der Waals surface area contributed by atoms with E-state index < -0.39 is 0 Å². The van der Waals surface area contributed by atoms with Crippen molar-refractivity contribution in [2.24, 2.45) is 5.92 Å². The van der Waals surface area contributed by atoms with Crippen LogP contribution < -0.4 is 0 Å². The van der Waals surface area contributed by atoms with Crippen molar-refractivity contribution in [3.05, 3.63) is 30.1 Å². The van der Waals surface area contributed by atoms with Gasteiger partial charge in [0.15, 0.2) is 0 Å². The summed E-state index contributed by atoms with van der Waals surface area (Å²) in [6.07, 6.45) is 0. The molecule has 0 radical (unpaired) electrons. The first-order chi connectivity index (χ1) is 10.1. The maximum Gasteiger partial charge on any atom is 0.127 e. The van der Waals surface area contributed by atoms with Crippen LogP contribution in [0.3, 0.4) is 0 Å². The summed E-state index contributed by atoms with van der Waals surface area (Å²) in [5.41, 5.74) is 2.13. The van der Waals surface area contributed by atoms with Crippen molar-refractivity contribution in [1.82, 2.24) is 14.5 Å². The van der Waals surface area contributed by atoms with Crippen LogP contribution >= 0.6 is 0 Å². The molecule has 2 unspecified atom stereocenters. The highest BCUT2D eigenvalue weighted by Crippen LogP contribution is 2.25. The number of benzene rings is 1. The van der Waals surface area contributed by atoms with Gasteiger partial charge in [-0.3, -0.25) is 4.90 Å². The maximum absolute atomic E-state index is 9.14. The van der Waals surface area contributed by atoms with E-state index in [4.69, 9.17) is 10.2 Å². The molecule has 1 aromatic heterocycles. The van der Waals surface area contributed by atoms with Gasteiger partial charge < -0.3 is 4.57 Å². The van der Waals surface area contributed by atoms with E-state index in [0.29, 0.717) is 6.54 Å². The first kappa shape index (κ1) is 15.5. The van der Waals surface area contributed by atoms with E-state index in [1.165, 1.54) is 0 Å². The Morgan fingerprint density at radius 2 is 1.90 bits per heavy atom. The summed E-state index contributed by atoms with van der Waals surface area (Å²) in [6, 6.07) is 10.8. The van der Waals surface area contributed by atoms with Crippen molar-refractivity contribution in [2.45, 2.75) is 40.3 Å². The molecule has 21 heavy (non-hydrogen) atoms. The fourth-order valence-corrected chi connectivity index (χ4v) is 2.85. The molecule has 1 heterocycles. The lowest BCUT2D eigenvalue weighted by molar-refractivity contribution is 0.221. The smallest absolute Gasteiger partial charge is 0.127 e. The fraction of sp³-hybridized carbons (Fsp3) is 0.529. The molecule has 0 aliphatic carbocycles. The van der Waals surface area contributed by atoms with Crippen LogP contribution in [0.5, 0.6) is 0 Å². The molecule has 0 saturated carbocycles. The molecule has 4 heteroatoms. The Bertz CT molecular complexity index is 634. The number of fused-ring (bicyclic) bond motifs is 1. The largest absolute Gasteiger partial charge is 0.325 e. The van der Waals surface area contributed by atoms with Crippen LogP contribution in [0.4, 0.5) is 0 Å². The van der Waals surface area contributed by atoms with Crippen molar-refractivity contribution in [3.63, 3.8) is 0 Å². The highest BCUT2D eigenvalue weighted by molar-refractivity contribution is 5.76. The average Bonchev–Trinajstić information content (AvgIpc) is 2.87. The highest BCUT2D eigenvalue weighted by Gasteiger charge is 2.21. The second-order valence-corrected chi connectivity index (χ2v) is 5.50. The Balaban J connectivity index is 2.51. The SMILES string of the molecule is CCN(CC)C(C)c1nc2ccccc2n1CC(C)C#N. The third-order valence-corrected chi connectivity index (χ3v) is 4.09.